The van der Waals surface area contributed by atoms with Crippen LogP contribution in [0, 0.1) is 6.92 Å². The van der Waals surface area contributed by atoms with Gasteiger partial charge in [0, 0.05) is 29.9 Å². The number of anilines is 1. The van der Waals surface area contributed by atoms with Gasteiger partial charge in [-0.15, -0.1) is 0 Å². The lowest BCUT2D eigenvalue weighted by Crippen LogP contribution is -2.35. The molecule has 2 aromatic rings. The number of aryl methyl sites for hydroxylation is 2. The topological polar surface area (TPSA) is 49.4 Å². The maximum atomic E-state index is 12.7. The Balaban J connectivity index is 1.79. The molecule has 4 nitrogen and oxygen atoms in total. The van der Waals surface area contributed by atoms with Crippen LogP contribution in [-0.2, 0) is 6.42 Å². The minimum Gasteiger partial charge on any atom is -0.339 e. The van der Waals surface area contributed by atoms with Crippen LogP contribution >= 0.6 is 0 Å². The predicted molar refractivity (Wildman–Crippen MR) is 105 cm³/mol. The second kappa shape index (κ2) is 8.17. The van der Waals surface area contributed by atoms with Crippen LogP contribution in [0.1, 0.15) is 58.0 Å². The van der Waals surface area contributed by atoms with Crippen LogP contribution in [0.15, 0.2) is 42.5 Å². The zero-order valence-electron chi connectivity index (χ0n) is 15.5. The van der Waals surface area contributed by atoms with E-state index in [9.17, 15) is 9.59 Å². The van der Waals surface area contributed by atoms with E-state index < -0.39 is 0 Å². The summed E-state index contributed by atoms with van der Waals surface area (Å²) >= 11 is 0. The maximum absolute atomic E-state index is 12.7. The molecule has 1 aliphatic heterocycles. The molecule has 0 spiro atoms. The largest absolute Gasteiger partial charge is 0.339 e. The molecule has 26 heavy (non-hydrogen) atoms. The highest BCUT2D eigenvalue weighted by molar-refractivity contribution is 6.06. The van der Waals surface area contributed by atoms with Gasteiger partial charge in [-0.3, -0.25) is 9.59 Å². The van der Waals surface area contributed by atoms with Crippen molar-refractivity contribution in [2.24, 2.45) is 0 Å². The Hall–Kier alpha value is -2.62. The van der Waals surface area contributed by atoms with Crippen molar-refractivity contribution in [3.63, 3.8) is 0 Å². The molecule has 0 atom stereocenters. The lowest BCUT2D eigenvalue weighted by Gasteiger charge is -2.26. The summed E-state index contributed by atoms with van der Waals surface area (Å²) in [6.45, 7) is 5.67. The van der Waals surface area contributed by atoms with Crippen LogP contribution < -0.4 is 5.32 Å². The standard InChI is InChI=1S/C22H26N2O2/c1-3-17-10-7-9-16(2)20(17)23-21(25)18-11-8-12-19(15-18)22(26)24-13-5-4-6-14-24/h7-12,15H,3-6,13-14H2,1-2H3,(H,23,25). The van der Waals surface area contributed by atoms with Gasteiger partial charge in [0.1, 0.15) is 0 Å². The molecule has 4 heteroatoms. The second-order valence-corrected chi connectivity index (χ2v) is 6.85. The van der Waals surface area contributed by atoms with E-state index in [2.05, 4.69) is 12.2 Å². The average Bonchev–Trinajstić information content (AvgIpc) is 2.69. The summed E-state index contributed by atoms with van der Waals surface area (Å²) in [5.74, 6) is -0.160. The zero-order chi connectivity index (χ0) is 18.5. The van der Waals surface area contributed by atoms with E-state index in [-0.39, 0.29) is 11.8 Å². The van der Waals surface area contributed by atoms with E-state index in [4.69, 9.17) is 0 Å². The number of para-hydroxylation sites is 1. The number of nitrogens with one attached hydrogen (secondary N) is 1. The van der Waals surface area contributed by atoms with Crippen molar-refractivity contribution in [1.82, 2.24) is 4.90 Å². The first-order valence-corrected chi connectivity index (χ1v) is 9.39. The van der Waals surface area contributed by atoms with Crippen LogP contribution in [0.5, 0.6) is 0 Å². The monoisotopic (exact) mass is 350 g/mol. The molecular weight excluding hydrogens is 324 g/mol. The molecule has 136 valence electrons. The average molecular weight is 350 g/mol. The summed E-state index contributed by atoms with van der Waals surface area (Å²) in [5.41, 5.74) is 4.11. The number of likely N-dealkylation sites (tertiary alicyclic amines) is 1. The van der Waals surface area contributed by atoms with Crippen LogP contribution in [-0.4, -0.2) is 29.8 Å². The van der Waals surface area contributed by atoms with Gasteiger partial charge in [-0.05, 0) is 61.9 Å². The number of benzene rings is 2. The van der Waals surface area contributed by atoms with Gasteiger partial charge in [0.2, 0.25) is 0 Å². The Labute approximate surface area is 155 Å². The number of nitrogens with zero attached hydrogens (tertiary/aromatic N) is 1. The van der Waals surface area contributed by atoms with E-state index in [0.717, 1.165) is 49.2 Å². The Kier molecular flexibility index (Phi) is 5.71. The lowest BCUT2D eigenvalue weighted by molar-refractivity contribution is 0.0724. The third-order valence-electron chi connectivity index (χ3n) is 4.99. The molecule has 1 N–H and O–H groups in total. The Morgan fingerprint density at radius 2 is 1.69 bits per heavy atom. The van der Waals surface area contributed by atoms with Crippen molar-refractivity contribution in [2.45, 2.75) is 39.5 Å². The summed E-state index contributed by atoms with van der Waals surface area (Å²) in [4.78, 5) is 27.3. The van der Waals surface area contributed by atoms with Gasteiger partial charge in [0.25, 0.3) is 11.8 Å². The summed E-state index contributed by atoms with van der Waals surface area (Å²) < 4.78 is 0. The number of rotatable bonds is 4. The molecule has 0 aromatic heterocycles. The summed E-state index contributed by atoms with van der Waals surface area (Å²) in [6.07, 6.45) is 4.14. The van der Waals surface area contributed by atoms with Crippen molar-refractivity contribution in [3.05, 3.63) is 64.7 Å². The molecule has 0 aliphatic carbocycles. The Morgan fingerprint density at radius 1 is 1.00 bits per heavy atom. The third-order valence-corrected chi connectivity index (χ3v) is 4.99. The maximum Gasteiger partial charge on any atom is 0.255 e. The van der Waals surface area contributed by atoms with E-state index >= 15 is 0 Å². The van der Waals surface area contributed by atoms with Crippen molar-refractivity contribution in [3.8, 4) is 0 Å². The zero-order valence-corrected chi connectivity index (χ0v) is 15.5. The highest BCUT2D eigenvalue weighted by Gasteiger charge is 2.19. The van der Waals surface area contributed by atoms with Crippen LogP contribution in [0.2, 0.25) is 0 Å². The summed E-state index contributed by atoms with van der Waals surface area (Å²) in [5, 5.41) is 3.03. The first-order valence-electron chi connectivity index (χ1n) is 9.39. The van der Waals surface area contributed by atoms with Gasteiger partial charge >= 0.3 is 0 Å². The fourth-order valence-electron chi connectivity index (χ4n) is 3.46. The van der Waals surface area contributed by atoms with E-state index in [0.29, 0.717) is 11.1 Å². The van der Waals surface area contributed by atoms with Crippen LogP contribution in [0.3, 0.4) is 0 Å². The molecule has 2 aromatic carbocycles. The van der Waals surface area contributed by atoms with E-state index in [1.807, 2.05) is 30.0 Å². The summed E-state index contributed by atoms with van der Waals surface area (Å²) in [6, 6.07) is 13.1. The highest BCUT2D eigenvalue weighted by atomic mass is 16.2. The molecule has 1 fully saturated rings. The number of piperidine rings is 1. The predicted octanol–water partition coefficient (Wildman–Crippen LogP) is 4.44. The number of amides is 2. The van der Waals surface area contributed by atoms with Crippen molar-refractivity contribution >= 4 is 17.5 Å². The van der Waals surface area contributed by atoms with Crippen LogP contribution in [0.25, 0.3) is 0 Å². The van der Waals surface area contributed by atoms with Crippen molar-refractivity contribution in [2.75, 3.05) is 18.4 Å². The minimum atomic E-state index is -0.178. The third kappa shape index (κ3) is 3.96. The second-order valence-electron chi connectivity index (χ2n) is 6.85. The minimum absolute atomic E-state index is 0.0180. The van der Waals surface area contributed by atoms with Gasteiger partial charge in [-0.25, -0.2) is 0 Å². The SMILES string of the molecule is CCc1cccc(C)c1NC(=O)c1cccc(C(=O)N2CCCCC2)c1. The molecular formula is C22H26N2O2. The first kappa shape index (κ1) is 18.2. The molecule has 0 saturated carbocycles. The van der Waals surface area contributed by atoms with Gasteiger partial charge in [-0.2, -0.15) is 0 Å². The van der Waals surface area contributed by atoms with Crippen molar-refractivity contribution < 1.29 is 9.59 Å². The van der Waals surface area contributed by atoms with Gasteiger partial charge in [0.05, 0.1) is 0 Å². The Bertz CT molecular complexity index is 808. The van der Waals surface area contributed by atoms with Crippen LogP contribution in [0.4, 0.5) is 5.69 Å². The normalized spacial score (nSPS) is 14.2. The quantitative estimate of drug-likeness (QED) is 0.886. The lowest BCUT2D eigenvalue weighted by atomic mass is 10.0. The molecule has 0 unspecified atom stereocenters. The van der Waals surface area contributed by atoms with E-state index in [1.54, 1.807) is 24.3 Å². The number of carbonyl (C=O) groups excluding carboxylic acids is 2. The van der Waals surface area contributed by atoms with Gasteiger partial charge in [-0.1, -0.05) is 31.2 Å². The molecule has 0 bridgehead atoms. The molecule has 1 aliphatic rings. The molecule has 2 amide bonds. The fourth-order valence-corrected chi connectivity index (χ4v) is 3.46. The van der Waals surface area contributed by atoms with E-state index in [1.165, 1.54) is 6.42 Å². The molecule has 0 radical (unpaired) electrons. The number of hydrogen-bond donors (Lipinski definition) is 1. The fraction of sp³-hybridized carbons (Fsp3) is 0.364. The highest BCUT2D eigenvalue weighted by Crippen LogP contribution is 2.22. The van der Waals surface area contributed by atoms with Gasteiger partial charge < -0.3 is 10.2 Å². The van der Waals surface area contributed by atoms with Crippen molar-refractivity contribution in [1.29, 1.82) is 0 Å². The smallest absolute Gasteiger partial charge is 0.255 e. The Morgan fingerprint density at radius 3 is 2.42 bits per heavy atom. The first-order chi connectivity index (χ1) is 12.6. The number of hydrogen-bond acceptors (Lipinski definition) is 2. The summed E-state index contributed by atoms with van der Waals surface area (Å²) in [7, 11) is 0. The molecule has 1 saturated heterocycles. The molecule has 1 heterocycles. The molecule has 3 rings (SSSR count). The van der Waals surface area contributed by atoms with Gasteiger partial charge in [0.15, 0.2) is 0 Å². The number of carbonyl (C=O) groups is 2.